The third kappa shape index (κ3) is 13100. The molecule has 8 N–H and O–H groups in total. The van der Waals surface area contributed by atoms with Crippen LogP contribution in [0.1, 0.15) is 0 Å². The maximum atomic E-state index is 10.3. The van der Waals surface area contributed by atoms with Crippen molar-refractivity contribution in [2.75, 3.05) is 0 Å². The predicted octanol–water partition coefficient (Wildman–Crippen LogP) is -0.330. The van der Waals surface area contributed by atoms with E-state index in [-0.39, 0.29) is 12.3 Å². The van der Waals surface area contributed by atoms with E-state index in [1.54, 1.807) is 0 Å². The molecule has 7 heteroatoms. The highest BCUT2D eigenvalue weighted by Gasteiger charge is 2.30. The van der Waals surface area contributed by atoms with E-state index < -0.39 is 9.23 Å². The summed E-state index contributed by atoms with van der Waals surface area (Å²) in [6.45, 7) is 0. The van der Waals surface area contributed by atoms with Crippen LogP contribution in [-0.2, 0) is 0 Å². The molecule has 0 saturated carbocycles. The van der Waals surface area contributed by atoms with Crippen LogP contribution in [0.25, 0.3) is 0 Å². The van der Waals surface area contributed by atoms with Gasteiger partial charge < -0.3 is 21.9 Å². The van der Waals surface area contributed by atoms with Crippen LogP contribution in [0.4, 0.5) is 8.22 Å². The molecule has 0 fully saturated rings. The molecule has 0 aliphatic heterocycles. The average molecular weight is 134 g/mol. The summed E-state index contributed by atoms with van der Waals surface area (Å²) in [5.74, 6) is 0. The van der Waals surface area contributed by atoms with Gasteiger partial charge in [0.15, 0.2) is 0 Å². The largest absolute Gasteiger partial charge is 0.755 e. The first-order valence-electron chi connectivity index (χ1n) is 0.825. The van der Waals surface area contributed by atoms with E-state index in [1.807, 2.05) is 0 Å². The summed E-state index contributed by atoms with van der Waals surface area (Å²) >= 11 is 0. The predicted molar refractivity (Wildman–Crippen MR) is 22.5 cm³/mol. The van der Waals surface area contributed by atoms with Crippen LogP contribution in [0.2, 0.25) is 0 Å². The maximum absolute atomic E-state index is 10.3. The lowest BCUT2D eigenvalue weighted by molar-refractivity contribution is 0.219. The third-order valence-electron chi connectivity index (χ3n) is 0. The van der Waals surface area contributed by atoms with Crippen LogP contribution in [0.3, 0.4) is 0 Å². The monoisotopic (exact) mass is 134 g/mol. The molecule has 0 unspecified atom stereocenters. The summed E-state index contributed by atoms with van der Waals surface area (Å²) in [6.07, 6.45) is 0. The normalized spacial score (nSPS) is 8.57. The van der Waals surface area contributed by atoms with E-state index in [1.165, 1.54) is 0 Å². The molecule has 0 bridgehead atoms. The number of hydrogen-bond donors (Lipinski definition) is 4. The Kier molecular flexibility index (Phi) is 9.21. The first-order chi connectivity index (χ1) is 2.00. The van der Waals surface area contributed by atoms with Gasteiger partial charge in [-0.2, -0.15) is 0 Å². The SMILES string of the molecule is N.N.O[Si](O)(F)F. The van der Waals surface area contributed by atoms with Crippen LogP contribution >= 0.6 is 0 Å². The summed E-state index contributed by atoms with van der Waals surface area (Å²) < 4.78 is 20.5. The van der Waals surface area contributed by atoms with Crippen molar-refractivity contribution >= 4 is 9.23 Å². The van der Waals surface area contributed by atoms with Gasteiger partial charge in [0.25, 0.3) is 0 Å². The van der Waals surface area contributed by atoms with Crippen molar-refractivity contribution in [3.8, 4) is 0 Å². The van der Waals surface area contributed by atoms with E-state index >= 15 is 0 Å². The molecule has 0 saturated heterocycles. The minimum Gasteiger partial charge on any atom is -0.361 e. The Hall–Kier alpha value is -0.0831. The van der Waals surface area contributed by atoms with Crippen LogP contribution < -0.4 is 12.3 Å². The van der Waals surface area contributed by atoms with Crippen molar-refractivity contribution in [1.29, 1.82) is 0 Å². The summed E-state index contributed by atoms with van der Waals surface area (Å²) in [6, 6.07) is 0. The highest BCUT2D eigenvalue weighted by Crippen LogP contribution is 1.89. The molecule has 0 aliphatic rings. The van der Waals surface area contributed by atoms with Crippen molar-refractivity contribution in [2.24, 2.45) is 0 Å². The maximum Gasteiger partial charge on any atom is 0.755 e. The second-order valence-electron chi connectivity index (χ2n) is 0.509. The Labute approximate surface area is 40.5 Å². The summed E-state index contributed by atoms with van der Waals surface area (Å²) in [5, 5.41) is 0. The Morgan fingerprint density at radius 3 is 1.00 bits per heavy atom. The quantitative estimate of drug-likeness (QED) is 0.268. The topological polar surface area (TPSA) is 110 Å². The minimum absolute atomic E-state index is 0. The molecular formula is H8F2N2O2Si. The molecule has 4 nitrogen and oxygen atoms in total. The molecule has 0 atom stereocenters. The average Bonchev–Trinajstić information content (AvgIpc) is 0.722. The first-order valence-corrected chi connectivity index (χ1v) is 2.48. The molecule has 0 aromatic heterocycles. The lowest BCUT2D eigenvalue weighted by atomic mass is 14.0. The Bertz CT molecular complexity index is 29.2. The number of rotatable bonds is 0. The van der Waals surface area contributed by atoms with Gasteiger partial charge in [0.2, 0.25) is 0 Å². The van der Waals surface area contributed by atoms with E-state index in [4.69, 9.17) is 9.59 Å². The lowest BCUT2D eigenvalue weighted by Gasteiger charge is -1.83. The minimum atomic E-state index is -5.61. The molecule has 48 valence electrons. The zero-order chi connectivity index (χ0) is 4.50. The molecule has 0 aliphatic carbocycles. The molecule has 0 radical (unpaired) electrons. The zero-order valence-electron chi connectivity index (χ0n) is 3.56. The Balaban J connectivity index is -0.0000000800. The second-order valence-corrected chi connectivity index (χ2v) is 1.53. The summed E-state index contributed by atoms with van der Waals surface area (Å²) in [4.78, 5) is 13.8. The van der Waals surface area contributed by atoms with Gasteiger partial charge in [0.05, 0.1) is 0 Å². The first kappa shape index (κ1) is 15.8. The third-order valence-corrected chi connectivity index (χ3v) is 0. The molecule has 0 rings (SSSR count). The summed E-state index contributed by atoms with van der Waals surface area (Å²) in [5.41, 5.74) is 0. The molecular weight excluding hydrogens is 126 g/mol. The molecule has 0 spiro atoms. The van der Waals surface area contributed by atoms with Crippen molar-refractivity contribution in [2.45, 2.75) is 0 Å². The van der Waals surface area contributed by atoms with E-state index in [9.17, 15) is 8.22 Å². The van der Waals surface area contributed by atoms with Crippen LogP contribution in [0.5, 0.6) is 0 Å². The molecule has 0 aromatic carbocycles. The van der Waals surface area contributed by atoms with Gasteiger partial charge in [-0.3, -0.25) is 0 Å². The fraction of sp³-hybridized carbons (Fsp3) is 0. The van der Waals surface area contributed by atoms with E-state index in [0.717, 1.165) is 0 Å². The van der Waals surface area contributed by atoms with Crippen LogP contribution in [-0.4, -0.2) is 18.8 Å². The van der Waals surface area contributed by atoms with Gasteiger partial charge in [0, 0.05) is 0 Å². The smallest absolute Gasteiger partial charge is 0.361 e. The highest BCUT2D eigenvalue weighted by molar-refractivity contribution is 6.48. The van der Waals surface area contributed by atoms with Gasteiger partial charge in [-0.15, -0.1) is 0 Å². The van der Waals surface area contributed by atoms with Gasteiger partial charge >= 0.3 is 9.23 Å². The van der Waals surface area contributed by atoms with Gasteiger partial charge in [-0.25, -0.2) is 8.22 Å². The molecule has 0 heterocycles. The Morgan fingerprint density at radius 1 is 1.00 bits per heavy atom. The number of hydrogen-bond acceptors (Lipinski definition) is 4. The van der Waals surface area contributed by atoms with Gasteiger partial charge in [-0.05, 0) is 0 Å². The second kappa shape index (κ2) is 4.09. The number of halogens is 2. The fourth-order valence-corrected chi connectivity index (χ4v) is 0. The Morgan fingerprint density at radius 2 is 1.00 bits per heavy atom. The summed E-state index contributed by atoms with van der Waals surface area (Å²) in [7, 11) is -5.61. The fourth-order valence-electron chi connectivity index (χ4n) is 0. The van der Waals surface area contributed by atoms with Crippen molar-refractivity contribution in [3.05, 3.63) is 0 Å². The van der Waals surface area contributed by atoms with Crippen LogP contribution in [0.15, 0.2) is 0 Å². The van der Waals surface area contributed by atoms with Crippen molar-refractivity contribution in [1.82, 2.24) is 12.3 Å². The van der Waals surface area contributed by atoms with E-state index in [2.05, 4.69) is 0 Å². The van der Waals surface area contributed by atoms with Crippen molar-refractivity contribution < 1.29 is 17.8 Å². The molecule has 7 heavy (non-hydrogen) atoms. The van der Waals surface area contributed by atoms with Gasteiger partial charge in [0.1, 0.15) is 0 Å². The molecule has 0 aromatic rings. The van der Waals surface area contributed by atoms with Crippen molar-refractivity contribution in [3.63, 3.8) is 0 Å². The highest BCUT2D eigenvalue weighted by atomic mass is 28.5. The lowest BCUT2D eigenvalue weighted by Crippen LogP contribution is -2.19. The van der Waals surface area contributed by atoms with Gasteiger partial charge in [-0.1, -0.05) is 0 Å². The van der Waals surface area contributed by atoms with E-state index in [0.29, 0.717) is 0 Å². The van der Waals surface area contributed by atoms with Crippen LogP contribution in [0, 0.1) is 0 Å². The molecule has 0 amide bonds. The zero-order valence-corrected chi connectivity index (χ0v) is 4.56. The standard InChI is InChI=1S/F2H2O2Si.2H3N/c1-5(2,3)4;;/h3-4H;2*1H3.